The normalized spacial score (nSPS) is 8.60. The lowest BCUT2D eigenvalue weighted by atomic mass is 10.3. The SMILES string of the molecule is CCCC#C[CH]NCCC. The molecule has 57 valence electrons. The first-order chi connectivity index (χ1) is 4.91. The predicted molar refractivity (Wildman–Crippen MR) is 45.3 cm³/mol. The van der Waals surface area contributed by atoms with Gasteiger partial charge in [0, 0.05) is 6.42 Å². The van der Waals surface area contributed by atoms with Crippen LogP contribution in [0, 0.1) is 18.4 Å². The lowest BCUT2D eigenvalue weighted by Crippen LogP contribution is -2.08. The third-order valence-electron chi connectivity index (χ3n) is 1.05. The van der Waals surface area contributed by atoms with E-state index in [1.54, 1.807) is 0 Å². The fourth-order valence-electron chi connectivity index (χ4n) is 0.516. The largest absolute Gasteiger partial charge is 0.302 e. The molecular formula is C9H16N. The summed E-state index contributed by atoms with van der Waals surface area (Å²) in [4.78, 5) is 0. The second-order valence-corrected chi connectivity index (χ2v) is 2.17. The van der Waals surface area contributed by atoms with Crippen molar-refractivity contribution in [1.82, 2.24) is 5.32 Å². The van der Waals surface area contributed by atoms with Crippen molar-refractivity contribution < 1.29 is 0 Å². The highest BCUT2D eigenvalue weighted by Gasteiger charge is 1.77. The molecule has 0 fully saturated rings. The molecule has 0 saturated heterocycles. The molecule has 0 aliphatic rings. The summed E-state index contributed by atoms with van der Waals surface area (Å²) in [6.07, 6.45) is 3.31. The molecule has 0 aromatic rings. The summed E-state index contributed by atoms with van der Waals surface area (Å²) in [5.41, 5.74) is 0. The number of nitrogens with one attached hydrogen (secondary N) is 1. The summed E-state index contributed by atoms with van der Waals surface area (Å²) >= 11 is 0. The van der Waals surface area contributed by atoms with Crippen molar-refractivity contribution in [2.45, 2.75) is 33.1 Å². The van der Waals surface area contributed by atoms with E-state index in [0.717, 1.165) is 25.8 Å². The van der Waals surface area contributed by atoms with Crippen LogP contribution < -0.4 is 5.32 Å². The van der Waals surface area contributed by atoms with Crippen LogP contribution in [0.2, 0.25) is 0 Å². The quantitative estimate of drug-likeness (QED) is 0.462. The van der Waals surface area contributed by atoms with Gasteiger partial charge in [-0.25, -0.2) is 0 Å². The van der Waals surface area contributed by atoms with Crippen LogP contribution in [0.4, 0.5) is 0 Å². The van der Waals surface area contributed by atoms with Crippen molar-refractivity contribution in [2.75, 3.05) is 6.54 Å². The minimum atomic E-state index is 1.00. The predicted octanol–water partition coefficient (Wildman–Crippen LogP) is 1.95. The maximum Gasteiger partial charge on any atom is 0.0959 e. The minimum absolute atomic E-state index is 1.00. The van der Waals surface area contributed by atoms with Gasteiger partial charge in [-0.15, -0.1) is 5.92 Å². The van der Waals surface area contributed by atoms with Crippen molar-refractivity contribution in [3.05, 3.63) is 6.54 Å². The molecule has 0 bridgehead atoms. The Kier molecular flexibility index (Phi) is 8.11. The van der Waals surface area contributed by atoms with Crippen molar-refractivity contribution in [3.63, 3.8) is 0 Å². The van der Waals surface area contributed by atoms with E-state index in [9.17, 15) is 0 Å². The molecule has 0 saturated carbocycles. The topological polar surface area (TPSA) is 12.0 Å². The van der Waals surface area contributed by atoms with Crippen LogP contribution in [0.3, 0.4) is 0 Å². The molecule has 0 aliphatic carbocycles. The van der Waals surface area contributed by atoms with Crippen molar-refractivity contribution in [2.24, 2.45) is 0 Å². The summed E-state index contributed by atoms with van der Waals surface area (Å²) in [5.74, 6) is 5.96. The van der Waals surface area contributed by atoms with Crippen molar-refractivity contribution in [1.29, 1.82) is 0 Å². The summed E-state index contributed by atoms with van der Waals surface area (Å²) < 4.78 is 0. The van der Waals surface area contributed by atoms with E-state index in [1.165, 1.54) is 0 Å². The molecule has 1 radical (unpaired) electrons. The molecule has 0 amide bonds. The lowest BCUT2D eigenvalue weighted by Gasteiger charge is -1.91. The molecule has 0 aromatic heterocycles. The zero-order chi connectivity index (χ0) is 7.66. The molecule has 1 nitrogen and oxygen atoms in total. The van der Waals surface area contributed by atoms with Crippen molar-refractivity contribution >= 4 is 0 Å². The smallest absolute Gasteiger partial charge is 0.0959 e. The van der Waals surface area contributed by atoms with Gasteiger partial charge in [0.15, 0.2) is 0 Å². The molecule has 0 rings (SSSR count). The van der Waals surface area contributed by atoms with E-state index < -0.39 is 0 Å². The van der Waals surface area contributed by atoms with Gasteiger partial charge in [-0.05, 0) is 19.4 Å². The highest BCUT2D eigenvalue weighted by molar-refractivity contribution is 5.07. The van der Waals surface area contributed by atoms with Crippen LogP contribution in [-0.4, -0.2) is 6.54 Å². The highest BCUT2D eigenvalue weighted by atomic mass is 14.8. The standard InChI is InChI=1S/C9H16N/c1-3-5-6-7-9-10-8-4-2/h9-10H,3-5,8H2,1-2H3. The van der Waals surface area contributed by atoms with Gasteiger partial charge in [0.1, 0.15) is 0 Å². The first kappa shape index (κ1) is 9.52. The van der Waals surface area contributed by atoms with Gasteiger partial charge < -0.3 is 5.32 Å². The summed E-state index contributed by atoms with van der Waals surface area (Å²) in [7, 11) is 0. The summed E-state index contributed by atoms with van der Waals surface area (Å²) in [6, 6.07) is 0. The second-order valence-electron chi connectivity index (χ2n) is 2.17. The van der Waals surface area contributed by atoms with Gasteiger partial charge in [0.05, 0.1) is 6.54 Å². The molecule has 1 heteroatoms. The Labute approximate surface area is 64.2 Å². The van der Waals surface area contributed by atoms with Crippen LogP contribution >= 0.6 is 0 Å². The van der Waals surface area contributed by atoms with Crippen LogP contribution in [0.1, 0.15) is 33.1 Å². The Morgan fingerprint density at radius 1 is 1.30 bits per heavy atom. The first-order valence-corrected chi connectivity index (χ1v) is 3.95. The molecule has 0 atom stereocenters. The van der Waals surface area contributed by atoms with Gasteiger partial charge in [-0.2, -0.15) is 0 Å². The van der Waals surface area contributed by atoms with Crippen LogP contribution in [0.25, 0.3) is 0 Å². The first-order valence-electron chi connectivity index (χ1n) is 3.95. The maximum atomic E-state index is 3.10. The Morgan fingerprint density at radius 3 is 2.70 bits per heavy atom. The van der Waals surface area contributed by atoms with Gasteiger partial charge in [0.2, 0.25) is 0 Å². The van der Waals surface area contributed by atoms with Crippen LogP contribution in [0.5, 0.6) is 0 Å². The average molecular weight is 138 g/mol. The Balaban J connectivity index is 2.96. The Bertz CT molecular complexity index is 108. The van der Waals surface area contributed by atoms with E-state index in [2.05, 4.69) is 31.0 Å². The molecule has 0 heterocycles. The lowest BCUT2D eigenvalue weighted by molar-refractivity contribution is 0.784. The van der Waals surface area contributed by atoms with E-state index in [0.29, 0.717) is 0 Å². The summed E-state index contributed by atoms with van der Waals surface area (Å²) in [6.45, 7) is 7.13. The van der Waals surface area contributed by atoms with E-state index >= 15 is 0 Å². The van der Waals surface area contributed by atoms with Gasteiger partial charge >= 0.3 is 0 Å². The number of hydrogen-bond donors (Lipinski definition) is 1. The number of hydrogen-bond acceptors (Lipinski definition) is 1. The van der Waals surface area contributed by atoms with E-state index in [4.69, 9.17) is 0 Å². The van der Waals surface area contributed by atoms with Gasteiger partial charge in [-0.3, -0.25) is 0 Å². The molecule has 0 unspecified atom stereocenters. The van der Waals surface area contributed by atoms with Crippen molar-refractivity contribution in [3.8, 4) is 11.8 Å². The molecule has 0 spiro atoms. The van der Waals surface area contributed by atoms with Crippen LogP contribution in [-0.2, 0) is 0 Å². The molecule has 10 heavy (non-hydrogen) atoms. The van der Waals surface area contributed by atoms with E-state index in [1.807, 2.05) is 6.54 Å². The maximum absolute atomic E-state index is 3.10. The fourth-order valence-corrected chi connectivity index (χ4v) is 0.516. The minimum Gasteiger partial charge on any atom is -0.302 e. The zero-order valence-electron chi connectivity index (χ0n) is 6.91. The molecule has 0 aliphatic heterocycles. The number of rotatable bonds is 4. The second kappa shape index (κ2) is 8.52. The monoisotopic (exact) mass is 138 g/mol. The van der Waals surface area contributed by atoms with Gasteiger partial charge in [0.25, 0.3) is 0 Å². The molecular weight excluding hydrogens is 122 g/mol. The van der Waals surface area contributed by atoms with E-state index in [-0.39, 0.29) is 0 Å². The average Bonchev–Trinajstić information content (AvgIpc) is 1.97. The van der Waals surface area contributed by atoms with Gasteiger partial charge in [-0.1, -0.05) is 19.8 Å². The third kappa shape index (κ3) is 7.52. The van der Waals surface area contributed by atoms with Crippen LogP contribution in [0.15, 0.2) is 0 Å². The Morgan fingerprint density at radius 2 is 2.10 bits per heavy atom. The highest BCUT2D eigenvalue weighted by Crippen LogP contribution is 1.81. The fraction of sp³-hybridized carbons (Fsp3) is 0.667. The molecule has 0 aromatic carbocycles. The third-order valence-corrected chi connectivity index (χ3v) is 1.05. The summed E-state index contributed by atoms with van der Waals surface area (Å²) in [5, 5.41) is 3.10. The zero-order valence-corrected chi connectivity index (χ0v) is 6.91. The Hall–Kier alpha value is -0.480. The number of unbranched alkanes of at least 4 members (excludes halogenated alkanes) is 1. The molecule has 1 N–H and O–H groups in total.